The summed E-state index contributed by atoms with van der Waals surface area (Å²) in [7, 11) is 0. The number of primary amides is 1. The zero-order chi connectivity index (χ0) is 15.5. The molecule has 1 aromatic carbocycles. The first-order valence-corrected chi connectivity index (χ1v) is 7.10. The Hall–Kier alpha value is -2.83. The molecule has 0 aliphatic heterocycles. The fourth-order valence-electron chi connectivity index (χ4n) is 2.07. The Labute approximate surface area is 127 Å². The Bertz CT molecular complexity index is 688. The van der Waals surface area contributed by atoms with E-state index in [2.05, 4.69) is 20.8 Å². The third kappa shape index (κ3) is 3.25. The molecule has 0 spiro atoms. The van der Waals surface area contributed by atoms with Crippen molar-refractivity contribution >= 4 is 17.6 Å². The molecule has 1 saturated carbocycles. The fourth-order valence-corrected chi connectivity index (χ4v) is 2.07. The highest BCUT2D eigenvalue weighted by molar-refractivity contribution is 5.97. The van der Waals surface area contributed by atoms with Crippen LogP contribution in [-0.4, -0.2) is 28.1 Å². The molecule has 114 valence electrons. The van der Waals surface area contributed by atoms with Gasteiger partial charge in [-0.1, -0.05) is 12.1 Å². The van der Waals surface area contributed by atoms with Crippen LogP contribution in [-0.2, 0) is 6.54 Å². The molecule has 7 nitrogen and oxygen atoms in total. The van der Waals surface area contributed by atoms with Gasteiger partial charge in [0.25, 0.3) is 11.8 Å². The second kappa shape index (κ2) is 5.88. The lowest BCUT2D eigenvalue weighted by molar-refractivity contribution is 0.0949. The van der Waals surface area contributed by atoms with E-state index in [1.165, 1.54) is 6.20 Å². The monoisotopic (exact) mass is 299 g/mol. The minimum absolute atomic E-state index is 0.0356. The number of benzene rings is 1. The highest BCUT2D eigenvalue weighted by Gasteiger charge is 2.23. The molecular formula is C15H17N5O2. The molecule has 1 aliphatic carbocycles. The van der Waals surface area contributed by atoms with E-state index in [1.807, 2.05) is 12.1 Å². The normalized spacial score (nSPS) is 13.6. The van der Waals surface area contributed by atoms with Crippen molar-refractivity contribution in [2.24, 2.45) is 5.73 Å². The van der Waals surface area contributed by atoms with Crippen molar-refractivity contribution in [3.8, 4) is 0 Å². The van der Waals surface area contributed by atoms with Gasteiger partial charge in [-0.3, -0.25) is 14.7 Å². The van der Waals surface area contributed by atoms with Crippen LogP contribution in [0.3, 0.4) is 0 Å². The molecule has 1 heterocycles. The summed E-state index contributed by atoms with van der Waals surface area (Å²) in [6.45, 7) is 0.493. The van der Waals surface area contributed by atoms with Crippen molar-refractivity contribution < 1.29 is 9.59 Å². The number of amides is 2. The summed E-state index contributed by atoms with van der Waals surface area (Å²) < 4.78 is 0. The van der Waals surface area contributed by atoms with Crippen molar-refractivity contribution in [2.45, 2.75) is 25.4 Å². The molecule has 0 radical (unpaired) electrons. The second-order valence-electron chi connectivity index (χ2n) is 5.32. The van der Waals surface area contributed by atoms with E-state index in [0.29, 0.717) is 29.5 Å². The number of H-pyrrole nitrogens is 1. The van der Waals surface area contributed by atoms with Crippen LogP contribution >= 0.6 is 0 Å². The van der Waals surface area contributed by atoms with Gasteiger partial charge in [0.05, 0.1) is 6.20 Å². The number of nitrogens with one attached hydrogen (secondary N) is 3. The quantitative estimate of drug-likeness (QED) is 0.637. The van der Waals surface area contributed by atoms with Crippen LogP contribution in [0.4, 0.5) is 5.82 Å². The summed E-state index contributed by atoms with van der Waals surface area (Å²) in [6, 6.07) is 7.67. The Morgan fingerprint density at radius 2 is 2.00 bits per heavy atom. The number of aromatic amines is 1. The lowest BCUT2D eigenvalue weighted by Crippen LogP contribution is -2.25. The number of aromatic nitrogens is 2. The average Bonchev–Trinajstić information content (AvgIpc) is 3.19. The van der Waals surface area contributed by atoms with Crippen LogP contribution in [0.25, 0.3) is 0 Å². The topological polar surface area (TPSA) is 113 Å². The van der Waals surface area contributed by atoms with Crippen LogP contribution in [0.15, 0.2) is 30.5 Å². The van der Waals surface area contributed by atoms with Crippen LogP contribution in [0.5, 0.6) is 0 Å². The molecule has 5 N–H and O–H groups in total. The van der Waals surface area contributed by atoms with Gasteiger partial charge < -0.3 is 16.4 Å². The second-order valence-corrected chi connectivity index (χ2v) is 5.32. The molecule has 2 amide bonds. The first-order chi connectivity index (χ1) is 10.6. The molecule has 7 heteroatoms. The molecule has 1 aliphatic rings. The highest BCUT2D eigenvalue weighted by atomic mass is 16.2. The molecule has 1 fully saturated rings. The summed E-state index contributed by atoms with van der Waals surface area (Å²) in [4.78, 5) is 23.1. The van der Waals surface area contributed by atoms with Crippen molar-refractivity contribution in [1.82, 2.24) is 15.5 Å². The maximum atomic E-state index is 11.9. The zero-order valence-electron chi connectivity index (χ0n) is 11.9. The van der Waals surface area contributed by atoms with E-state index >= 15 is 0 Å². The molecule has 2 aromatic rings. The first kappa shape index (κ1) is 14.1. The number of nitrogens with two attached hydrogens (primary N) is 1. The summed E-state index contributed by atoms with van der Waals surface area (Å²) in [5.74, 6) is -0.0852. The van der Waals surface area contributed by atoms with Gasteiger partial charge in [0.2, 0.25) is 0 Å². The Morgan fingerprint density at radius 1 is 1.27 bits per heavy atom. The third-order valence-corrected chi connectivity index (χ3v) is 3.50. The van der Waals surface area contributed by atoms with Gasteiger partial charge in [-0.25, -0.2) is 0 Å². The van der Waals surface area contributed by atoms with E-state index in [0.717, 1.165) is 18.4 Å². The summed E-state index contributed by atoms with van der Waals surface area (Å²) in [5, 5.41) is 12.5. The predicted octanol–water partition coefficient (Wildman–Crippen LogP) is 1.01. The highest BCUT2D eigenvalue weighted by Crippen LogP contribution is 2.19. The standard InChI is InChI=1S/C15H17N5O2/c16-13(21)12-8-18-20-14(12)17-7-9-1-3-10(4-2-9)15(22)19-11-5-6-11/h1-4,8,11H,5-7H2,(H2,16,21)(H,19,22)(H2,17,18,20). The minimum atomic E-state index is -0.539. The van der Waals surface area contributed by atoms with E-state index in [4.69, 9.17) is 5.73 Å². The largest absolute Gasteiger partial charge is 0.366 e. The van der Waals surface area contributed by atoms with Crippen molar-refractivity contribution in [1.29, 1.82) is 0 Å². The van der Waals surface area contributed by atoms with E-state index in [9.17, 15) is 9.59 Å². The average molecular weight is 299 g/mol. The number of carbonyl (C=O) groups is 2. The molecule has 1 aromatic heterocycles. The first-order valence-electron chi connectivity index (χ1n) is 7.10. The molecule has 0 saturated heterocycles. The number of carbonyl (C=O) groups excluding carboxylic acids is 2. The van der Waals surface area contributed by atoms with Gasteiger partial charge in [-0.15, -0.1) is 0 Å². The molecule has 0 unspecified atom stereocenters. The fraction of sp³-hybridized carbons (Fsp3) is 0.267. The number of hydrogen-bond acceptors (Lipinski definition) is 4. The molecule has 3 rings (SSSR count). The Morgan fingerprint density at radius 3 is 2.64 bits per heavy atom. The van der Waals surface area contributed by atoms with E-state index < -0.39 is 5.91 Å². The van der Waals surface area contributed by atoms with Crippen LogP contribution < -0.4 is 16.4 Å². The number of hydrogen-bond donors (Lipinski definition) is 4. The van der Waals surface area contributed by atoms with E-state index in [1.54, 1.807) is 12.1 Å². The minimum Gasteiger partial charge on any atom is -0.366 e. The van der Waals surface area contributed by atoms with Crippen molar-refractivity contribution in [3.63, 3.8) is 0 Å². The van der Waals surface area contributed by atoms with Gasteiger partial charge in [-0.2, -0.15) is 5.10 Å². The molecule has 22 heavy (non-hydrogen) atoms. The molecule has 0 bridgehead atoms. The lowest BCUT2D eigenvalue weighted by atomic mass is 10.1. The third-order valence-electron chi connectivity index (χ3n) is 3.50. The maximum absolute atomic E-state index is 11.9. The van der Waals surface area contributed by atoms with Crippen LogP contribution in [0.2, 0.25) is 0 Å². The van der Waals surface area contributed by atoms with Gasteiger partial charge in [0.1, 0.15) is 11.4 Å². The summed E-state index contributed by atoms with van der Waals surface area (Å²) in [5.41, 5.74) is 7.19. The Balaban J connectivity index is 1.59. The molecular weight excluding hydrogens is 282 g/mol. The molecule has 0 atom stereocenters. The van der Waals surface area contributed by atoms with Gasteiger partial charge in [-0.05, 0) is 30.5 Å². The van der Waals surface area contributed by atoms with E-state index in [-0.39, 0.29) is 5.91 Å². The number of anilines is 1. The van der Waals surface area contributed by atoms with Gasteiger partial charge >= 0.3 is 0 Å². The lowest BCUT2D eigenvalue weighted by Gasteiger charge is -2.07. The summed E-state index contributed by atoms with van der Waals surface area (Å²) >= 11 is 0. The van der Waals surface area contributed by atoms with Crippen molar-refractivity contribution in [3.05, 3.63) is 47.2 Å². The SMILES string of the molecule is NC(=O)c1cn[nH]c1NCc1ccc(C(=O)NC2CC2)cc1. The van der Waals surface area contributed by atoms with Gasteiger partial charge in [0.15, 0.2) is 0 Å². The zero-order valence-corrected chi connectivity index (χ0v) is 11.9. The maximum Gasteiger partial charge on any atom is 0.254 e. The van der Waals surface area contributed by atoms with Crippen molar-refractivity contribution in [2.75, 3.05) is 5.32 Å². The predicted molar refractivity (Wildman–Crippen MR) is 81.4 cm³/mol. The number of nitrogens with zero attached hydrogens (tertiary/aromatic N) is 1. The number of rotatable bonds is 6. The summed E-state index contributed by atoms with van der Waals surface area (Å²) in [6.07, 6.45) is 3.52. The van der Waals surface area contributed by atoms with Crippen LogP contribution in [0.1, 0.15) is 39.1 Å². The van der Waals surface area contributed by atoms with Gasteiger partial charge in [0, 0.05) is 18.2 Å². The van der Waals surface area contributed by atoms with Crippen LogP contribution in [0, 0.1) is 0 Å². The smallest absolute Gasteiger partial charge is 0.254 e. The Kier molecular flexibility index (Phi) is 3.78.